The van der Waals surface area contributed by atoms with E-state index in [0.717, 1.165) is 0 Å². The number of hydrogen-bond donors (Lipinski definition) is 1. The number of carbonyl (C=O) groups excluding carboxylic acids is 1. The monoisotopic (exact) mass is 269 g/mol. The summed E-state index contributed by atoms with van der Waals surface area (Å²) in [5, 5.41) is 20.3. The predicted molar refractivity (Wildman–Crippen MR) is 65.8 cm³/mol. The van der Waals surface area contributed by atoms with Gasteiger partial charge in [0.05, 0.1) is 18.1 Å². The van der Waals surface area contributed by atoms with Crippen LogP contribution < -0.4 is 4.74 Å². The van der Waals surface area contributed by atoms with Gasteiger partial charge in [-0.2, -0.15) is 0 Å². The fraction of sp³-hybridized carbons (Fsp3) is 0.417. The van der Waals surface area contributed by atoms with Gasteiger partial charge in [-0.1, -0.05) is 0 Å². The van der Waals surface area contributed by atoms with E-state index in [2.05, 4.69) is 4.74 Å². The van der Waals surface area contributed by atoms with Gasteiger partial charge in [-0.25, -0.2) is 4.79 Å². The van der Waals surface area contributed by atoms with Crippen LogP contribution in [-0.2, 0) is 9.53 Å². The number of benzene rings is 1. The van der Waals surface area contributed by atoms with Crippen LogP contribution in [0, 0.1) is 10.1 Å². The van der Waals surface area contributed by atoms with Crippen LogP contribution >= 0.6 is 0 Å². The van der Waals surface area contributed by atoms with Gasteiger partial charge in [0.1, 0.15) is 5.75 Å². The average Bonchev–Trinajstić information content (AvgIpc) is 2.37. The van der Waals surface area contributed by atoms with E-state index in [4.69, 9.17) is 4.74 Å². The van der Waals surface area contributed by atoms with E-state index in [-0.39, 0.29) is 17.0 Å². The highest BCUT2D eigenvalue weighted by Crippen LogP contribution is 2.30. The Bertz CT molecular complexity index is 485. The maximum atomic E-state index is 11.3. The molecule has 0 saturated heterocycles. The number of methoxy groups -OCH3 is 1. The molecule has 0 aliphatic carbocycles. The number of rotatable bonds is 5. The highest BCUT2D eigenvalue weighted by Gasteiger charge is 2.20. The molecule has 1 rings (SSSR count). The standard InChI is InChI=1S/C12H15NO6/c1-7(14)10-6-9(13(16)17)4-5-11(10)19-8(2)12(15)18-3/h4-8,14H,1-3H3/t7-,8?/m1/s1. The summed E-state index contributed by atoms with van der Waals surface area (Å²) in [6.45, 7) is 2.94. The van der Waals surface area contributed by atoms with Gasteiger partial charge in [0.15, 0.2) is 6.10 Å². The van der Waals surface area contributed by atoms with E-state index in [1.54, 1.807) is 0 Å². The van der Waals surface area contributed by atoms with Crippen molar-refractivity contribution in [2.45, 2.75) is 26.1 Å². The number of nitrogens with zero attached hydrogens (tertiary/aromatic N) is 1. The molecule has 0 amide bonds. The van der Waals surface area contributed by atoms with E-state index < -0.39 is 23.1 Å². The lowest BCUT2D eigenvalue weighted by Gasteiger charge is -2.16. The number of nitro groups is 1. The minimum atomic E-state index is -0.959. The van der Waals surface area contributed by atoms with Crippen LogP contribution in [0.2, 0.25) is 0 Å². The Hall–Kier alpha value is -2.15. The van der Waals surface area contributed by atoms with Crippen LogP contribution in [0.3, 0.4) is 0 Å². The lowest BCUT2D eigenvalue weighted by Crippen LogP contribution is -2.25. The third kappa shape index (κ3) is 3.65. The second-order valence-electron chi connectivity index (χ2n) is 3.94. The number of nitro benzene ring substituents is 1. The van der Waals surface area contributed by atoms with Crippen LogP contribution in [0.5, 0.6) is 5.75 Å². The molecule has 0 aliphatic rings. The summed E-state index contributed by atoms with van der Waals surface area (Å²) in [5.74, 6) is -0.367. The normalized spacial score (nSPS) is 13.5. The van der Waals surface area contributed by atoms with Crippen molar-refractivity contribution in [3.8, 4) is 5.75 Å². The summed E-state index contributed by atoms with van der Waals surface area (Å²) in [6.07, 6.45) is -1.83. The topological polar surface area (TPSA) is 98.9 Å². The van der Waals surface area contributed by atoms with E-state index in [0.29, 0.717) is 0 Å². The maximum absolute atomic E-state index is 11.3. The molecule has 1 aromatic carbocycles. The van der Waals surface area contributed by atoms with Gasteiger partial charge < -0.3 is 14.6 Å². The van der Waals surface area contributed by atoms with E-state index in [9.17, 15) is 20.0 Å². The predicted octanol–water partition coefficient (Wildman–Crippen LogP) is 1.59. The van der Waals surface area contributed by atoms with Gasteiger partial charge in [0.25, 0.3) is 5.69 Å². The summed E-state index contributed by atoms with van der Waals surface area (Å²) in [5.41, 5.74) is 0.0823. The molecule has 1 unspecified atom stereocenters. The van der Waals surface area contributed by atoms with Crippen molar-refractivity contribution in [2.24, 2.45) is 0 Å². The number of esters is 1. The Morgan fingerprint density at radius 2 is 2.05 bits per heavy atom. The molecule has 0 fully saturated rings. The summed E-state index contributed by atoms with van der Waals surface area (Å²) < 4.78 is 9.85. The highest BCUT2D eigenvalue weighted by molar-refractivity contribution is 5.74. The zero-order valence-corrected chi connectivity index (χ0v) is 10.8. The number of aliphatic hydroxyl groups is 1. The van der Waals surface area contributed by atoms with Crippen LogP contribution in [0.1, 0.15) is 25.5 Å². The number of aliphatic hydroxyl groups excluding tert-OH is 1. The van der Waals surface area contributed by atoms with Gasteiger partial charge in [-0.05, 0) is 19.9 Å². The van der Waals surface area contributed by atoms with Gasteiger partial charge in [0.2, 0.25) is 0 Å². The van der Waals surface area contributed by atoms with E-state index >= 15 is 0 Å². The average molecular weight is 269 g/mol. The van der Waals surface area contributed by atoms with Crippen molar-refractivity contribution in [2.75, 3.05) is 7.11 Å². The molecule has 2 atom stereocenters. The highest BCUT2D eigenvalue weighted by atomic mass is 16.6. The fourth-order valence-corrected chi connectivity index (χ4v) is 1.49. The molecule has 7 nitrogen and oxygen atoms in total. The molecule has 19 heavy (non-hydrogen) atoms. The maximum Gasteiger partial charge on any atom is 0.346 e. The third-order valence-electron chi connectivity index (χ3n) is 2.49. The van der Waals surface area contributed by atoms with Crippen molar-refractivity contribution in [3.63, 3.8) is 0 Å². The first-order chi connectivity index (χ1) is 8.86. The Labute approximate surface area is 109 Å². The van der Waals surface area contributed by atoms with Crippen LogP contribution in [0.25, 0.3) is 0 Å². The van der Waals surface area contributed by atoms with Crippen molar-refractivity contribution >= 4 is 11.7 Å². The van der Waals surface area contributed by atoms with Crippen molar-refractivity contribution in [1.82, 2.24) is 0 Å². The molecule has 0 aliphatic heterocycles. The number of ether oxygens (including phenoxy) is 2. The Kier molecular flexibility index (Phi) is 4.82. The molecule has 0 spiro atoms. The van der Waals surface area contributed by atoms with Crippen LogP contribution in [0.15, 0.2) is 18.2 Å². The largest absolute Gasteiger partial charge is 0.479 e. The quantitative estimate of drug-likeness (QED) is 0.495. The molecule has 104 valence electrons. The summed E-state index contributed by atoms with van der Waals surface area (Å²) >= 11 is 0. The third-order valence-corrected chi connectivity index (χ3v) is 2.49. The van der Waals surface area contributed by atoms with E-state index in [1.165, 1.54) is 39.2 Å². The second kappa shape index (κ2) is 6.14. The zero-order chi connectivity index (χ0) is 14.6. The van der Waals surface area contributed by atoms with Crippen LogP contribution in [0.4, 0.5) is 5.69 Å². The minimum Gasteiger partial charge on any atom is -0.479 e. The molecule has 1 aromatic rings. The number of carbonyl (C=O) groups is 1. The van der Waals surface area contributed by atoms with Crippen molar-refractivity contribution in [3.05, 3.63) is 33.9 Å². The zero-order valence-electron chi connectivity index (χ0n) is 10.8. The molecule has 0 radical (unpaired) electrons. The summed E-state index contributed by atoms with van der Waals surface area (Å²) in [7, 11) is 1.23. The number of non-ortho nitro benzene ring substituents is 1. The van der Waals surface area contributed by atoms with Gasteiger partial charge in [0, 0.05) is 17.7 Å². The van der Waals surface area contributed by atoms with Gasteiger partial charge in [-0.3, -0.25) is 10.1 Å². The molecule has 0 aromatic heterocycles. The minimum absolute atomic E-state index is 0.158. The Morgan fingerprint density at radius 1 is 1.42 bits per heavy atom. The first kappa shape index (κ1) is 14.9. The SMILES string of the molecule is COC(=O)C(C)Oc1ccc([N+](=O)[O-])cc1[C@@H](C)O. The Balaban J connectivity index is 3.07. The van der Waals surface area contributed by atoms with Crippen molar-refractivity contribution in [1.29, 1.82) is 0 Å². The lowest BCUT2D eigenvalue weighted by molar-refractivity contribution is -0.385. The molecule has 0 saturated carbocycles. The molecular formula is C12H15NO6. The molecule has 0 bridgehead atoms. The van der Waals surface area contributed by atoms with Gasteiger partial charge in [-0.15, -0.1) is 0 Å². The van der Waals surface area contributed by atoms with E-state index in [1.807, 2.05) is 0 Å². The molecular weight excluding hydrogens is 254 g/mol. The summed E-state index contributed by atoms with van der Waals surface area (Å²) in [4.78, 5) is 21.4. The van der Waals surface area contributed by atoms with Gasteiger partial charge >= 0.3 is 5.97 Å². The molecule has 7 heteroatoms. The molecule has 1 N–H and O–H groups in total. The summed E-state index contributed by atoms with van der Waals surface area (Å²) in [6, 6.07) is 3.80. The first-order valence-electron chi connectivity index (χ1n) is 5.57. The van der Waals surface area contributed by atoms with Crippen LogP contribution in [-0.4, -0.2) is 29.2 Å². The fourth-order valence-electron chi connectivity index (χ4n) is 1.49. The Morgan fingerprint density at radius 3 is 2.53 bits per heavy atom. The van der Waals surface area contributed by atoms with Crippen molar-refractivity contribution < 1.29 is 24.3 Å². The lowest BCUT2D eigenvalue weighted by atomic mass is 10.1. The molecule has 0 heterocycles. The number of hydrogen-bond acceptors (Lipinski definition) is 6. The first-order valence-corrected chi connectivity index (χ1v) is 5.57. The second-order valence-corrected chi connectivity index (χ2v) is 3.94. The smallest absolute Gasteiger partial charge is 0.346 e.